The van der Waals surface area contributed by atoms with Crippen molar-refractivity contribution in [3.63, 3.8) is 0 Å². The van der Waals surface area contributed by atoms with Crippen LogP contribution in [0.25, 0.3) is 0 Å². The predicted octanol–water partition coefficient (Wildman–Crippen LogP) is 5.44. The lowest BCUT2D eigenvalue weighted by atomic mass is 9.95. The molecule has 1 rings (SSSR count). The van der Waals surface area contributed by atoms with Crippen molar-refractivity contribution >= 4 is 0 Å². The quantitative estimate of drug-likeness (QED) is 0.363. The highest BCUT2D eigenvalue weighted by atomic mass is 16.5. The fourth-order valence-electron chi connectivity index (χ4n) is 3.29. The summed E-state index contributed by atoms with van der Waals surface area (Å²) in [7, 11) is 2.97. The number of rotatable bonds is 11. The summed E-state index contributed by atoms with van der Waals surface area (Å²) in [5.74, 6) is 0.619. The summed E-state index contributed by atoms with van der Waals surface area (Å²) in [4.78, 5) is 15.6. The highest BCUT2D eigenvalue weighted by molar-refractivity contribution is 5.40. The third kappa shape index (κ3) is 7.59. The van der Waals surface area contributed by atoms with Crippen LogP contribution in [0.3, 0.4) is 0 Å². The van der Waals surface area contributed by atoms with Gasteiger partial charge in [0, 0.05) is 23.6 Å². The van der Waals surface area contributed by atoms with Crippen LogP contribution in [0.4, 0.5) is 0 Å². The van der Waals surface area contributed by atoms with E-state index in [4.69, 9.17) is 9.47 Å². The standard InChI is InChI=1S/C26H39NO4/c1-9-18(4)23(28)19(5)16-21(10-2)13-11-12-17(3)14-15-22-20(6)24(29)25(30-7)26(27-22)31-8/h9,11,13-14,16,19,23,28H,10,12,15H2,1-8H3,(H,27,29)/b13-11+,17-14+,18-9+,21-16+/t19-,23+/m1/s1. The molecular weight excluding hydrogens is 390 g/mol. The predicted molar refractivity (Wildman–Crippen MR) is 129 cm³/mol. The Morgan fingerprint density at radius 3 is 2.45 bits per heavy atom. The van der Waals surface area contributed by atoms with E-state index in [0.717, 1.165) is 24.1 Å². The monoisotopic (exact) mass is 429 g/mol. The Labute approximate surface area is 187 Å². The maximum Gasteiger partial charge on any atom is 0.238 e. The molecule has 0 aliphatic heterocycles. The smallest absolute Gasteiger partial charge is 0.238 e. The number of aromatic amines is 1. The van der Waals surface area contributed by atoms with E-state index in [0.29, 0.717) is 17.9 Å². The normalized spacial score (nSPS) is 15.3. The van der Waals surface area contributed by atoms with Crippen molar-refractivity contribution in [3.05, 3.63) is 68.6 Å². The molecular formula is C26H39NO4. The lowest BCUT2D eigenvalue weighted by molar-refractivity contribution is 0.172. The van der Waals surface area contributed by atoms with Crippen LogP contribution in [0.1, 0.15) is 58.7 Å². The molecule has 0 fully saturated rings. The summed E-state index contributed by atoms with van der Waals surface area (Å²) in [5, 5.41) is 10.3. The van der Waals surface area contributed by atoms with Gasteiger partial charge in [-0.3, -0.25) is 4.79 Å². The van der Waals surface area contributed by atoms with Crippen molar-refractivity contribution in [2.75, 3.05) is 14.2 Å². The van der Waals surface area contributed by atoms with Gasteiger partial charge in [-0.2, -0.15) is 0 Å². The van der Waals surface area contributed by atoms with Crippen LogP contribution in [0.2, 0.25) is 0 Å². The zero-order chi connectivity index (χ0) is 23.6. The number of H-pyrrole nitrogens is 1. The number of pyridine rings is 1. The topological polar surface area (TPSA) is 71.6 Å². The van der Waals surface area contributed by atoms with Gasteiger partial charge in [-0.05, 0) is 46.1 Å². The highest BCUT2D eigenvalue weighted by Crippen LogP contribution is 2.22. The van der Waals surface area contributed by atoms with E-state index >= 15 is 0 Å². The fourth-order valence-corrected chi connectivity index (χ4v) is 3.29. The van der Waals surface area contributed by atoms with Crippen LogP contribution in [-0.2, 0) is 6.42 Å². The molecule has 0 aliphatic rings. The minimum Gasteiger partial charge on any atom is -0.488 e. The molecule has 0 amide bonds. The Balaban J connectivity index is 2.87. The first-order valence-electron chi connectivity index (χ1n) is 10.9. The van der Waals surface area contributed by atoms with Gasteiger partial charge < -0.3 is 19.6 Å². The van der Waals surface area contributed by atoms with Crippen molar-refractivity contribution in [3.8, 4) is 11.6 Å². The summed E-state index contributed by atoms with van der Waals surface area (Å²) < 4.78 is 10.4. The second-order valence-corrected chi connectivity index (χ2v) is 7.92. The summed E-state index contributed by atoms with van der Waals surface area (Å²) in [5.41, 5.74) is 4.72. The Morgan fingerprint density at radius 1 is 1.23 bits per heavy atom. The first-order chi connectivity index (χ1) is 14.7. The molecule has 0 saturated heterocycles. The lowest BCUT2D eigenvalue weighted by Gasteiger charge is -2.17. The Morgan fingerprint density at radius 2 is 1.90 bits per heavy atom. The Bertz CT molecular complexity index is 903. The van der Waals surface area contributed by atoms with E-state index in [9.17, 15) is 9.90 Å². The molecule has 5 heteroatoms. The third-order valence-corrected chi connectivity index (χ3v) is 5.61. The van der Waals surface area contributed by atoms with Gasteiger partial charge in [0.05, 0.1) is 20.3 Å². The van der Waals surface area contributed by atoms with Crippen LogP contribution in [-0.4, -0.2) is 30.4 Å². The van der Waals surface area contributed by atoms with Gasteiger partial charge in [0.2, 0.25) is 17.1 Å². The van der Waals surface area contributed by atoms with Crippen molar-refractivity contribution in [1.82, 2.24) is 4.98 Å². The van der Waals surface area contributed by atoms with Gasteiger partial charge in [0.1, 0.15) is 0 Å². The number of hydrogen-bond donors (Lipinski definition) is 2. The molecule has 0 bridgehead atoms. The van der Waals surface area contributed by atoms with Crippen LogP contribution >= 0.6 is 0 Å². The molecule has 1 aromatic rings. The molecule has 0 aromatic carbocycles. The second kappa shape index (κ2) is 13.0. The fraction of sp³-hybridized carbons (Fsp3) is 0.500. The van der Waals surface area contributed by atoms with Gasteiger partial charge in [-0.15, -0.1) is 0 Å². The minimum atomic E-state index is -0.450. The van der Waals surface area contributed by atoms with E-state index < -0.39 is 6.10 Å². The van der Waals surface area contributed by atoms with Gasteiger partial charge in [0.25, 0.3) is 0 Å². The van der Waals surface area contributed by atoms with Crippen molar-refractivity contribution < 1.29 is 14.6 Å². The van der Waals surface area contributed by atoms with Gasteiger partial charge in [-0.1, -0.05) is 55.4 Å². The highest BCUT2D eigenvalue weighted by Gasteiger charge is 2.15. The number of aromatic nitrogens is 1. The Kier molecular flexibility index (Phi) is 11.1. The average Bonchev–Trinajstić information content (AvgIpc) is 2.77. The molecule has 1 aromatic heterocycles. The van der Waals surface area contributed by atoms with E-state index in [1.54, 1.807) is 6.92 Å². The van der Waals surface area contributed by atoms with Crippen molar-refractivity contribution in [2.45, 2.75) is 66.9 Å². The molecule has 2 N–H and O–H groups in total. The molecule has 1 heterocycles. The first-order valence-corrected chi connectivity index (χ1v) is 10.9. The molecule has 0 spiro atoms. The maximum atomic E-state index is 12.4. The maximum absolute atomic E-state index is 12.4. The summed E-state index contributed by atoms with van der Waals surface area (Å²) in [6.07, 6.45) is 12.4. The second-order valence-electron chi connectivity index (χ2n) is 7.92. The van der Waals surface area contributed by atoms with E-state index in [1.807, 2.05) is 26.8 Å². The molecule has 31 heavy (non-hydrogen) atoms. The van der Waals surface area contributed by atoms with Gasteiger partial charge in [0.15, 0.2) is 0 Å². The van der Waals surface area contributed by atoms with Gasteiger partial charge in [-0.25, -0.2) is 0 Å². The number of allylic oxidation sites excluding steroid dienone is 6. The number of nitrogens with one attached hydrogen (secondary N) is 1. The number of hydrogen-bond acceptors (Lipinski definition) is 4. The van der Waals surface area contributed by atoms with E-state index in [2.05, 4.69) is 43.1 Å². The molecule has 172 valence electrons. The van der Waals surface area contributed by atoms with Crippen LogP contribution in [0.15, 0.2) is 51.9 Å². The summed E-state index contributed by atoms with van der Waals surface area (Å²) in [6, 6.07) is 0. The number of methoxy groups -OCH3 is 2. The molecule has 0 saturated carbocycles. The van der Waals surface area contributed by atoms with Gasteiger partial charge >= 0.3 is 0 Å². The van der Waals surface area contributed by atoms with Crippen LogP contribution in [0.5, 0.6) is 11.6 Å². The molecule has 0 unspecified atom stereocenters. The zero-order valence-electron chi connectivity index (χ0n) is 20.3. The zero-order valence-corrected chi connectivity index (χ0v) is 20.3. The van der Waals surface area contributed by atoms with E-state index in [1.165, 1.54) is 25.4 Å². The number of aliphatic hydroxyl groups excluding tert-OH is 1. The van der Waals surface area contributed by atoms with Crippen LogP contribution in [0, 0.1) is 12.8 Å². The SMILES string of the molecule is C/C=C(\C)[C@H](O)[C@H](C)/C=C(/C=C/C/C(C)=C/Cc1[nH]c(OC)c(OC)c(=O)c1C)CC. The third-order valence-electron chi connectivity index (χ3n) is 5.61. The number of aliphatic hydroxyl groups is 1. The summed E-state index contributed by atoms with van der Waals surface area (Å²) in [6.45, 7) is 11.9. The molecule has 0 aliphatic carbocycles. The van der Waals surface area contributed by atoms with E-state index in [-0.39, 0.29) is 17.1 Å². The lowest BCUT2D eigenvalue weighted by Crippen LogP contribution is -2.17. The minimum absolute atomic E-state index is 0.0669. The van der Waals surface area contributed by atoms with Crippen molar-refractivity contribution in [1.29, 1.82) is 0 Å². The largest absolute Gasteiger partial charge is 0.488 e. The molecule has 2 atom stereocenters. The first kappa shape index (κ1) is 26.5. The van der Waals surface area contributed by atoms with Crippen LogP contribution < -0.4 is 14.9 Å². The summed E-state index contributed by atoms with van der Waals surface area (Å²) >= 11 is 0. The average molecular weight is 430 g/mol. The Hall–Kier alpha value is -2.53. The number of ether oxygens (including phenoxy) is 2. The molecule has 5 nitrogen and oxygen atoms in total. The van der Waals surface area contributed by atoms with Crippen molar-refractivity contribution in [2.24, 2.45) is 5.92 Å². The molecule has 0 radical (unpaired) electrons.